The van der Waals surface area contributed by atoms with E-state index in [9.17, 15) is 0 Å². The van der Waals surface area contributed by atoms with Crippen LogP contribution in [0.15, 0.2) is 0 Å². The molecule has 1 atom stereocenters. The van der Waals surface area contributed by atoms with Crippen molar-refractivity contribution in [3.05, 3.63) is 0 Å². The van der Waals surface area contributed by atoms with Gasteiger partial charge in [0.1, 0.15) is 0 Å². The largest absolute Gasteiger partial charge is 0.302 e. The molecule has 0 aromatic heterocycles. The Bertz CT molecular complexity index is 333. The Morgan fingerprint density at radius 1 is 0.950 bits per heavy atom. The van der Waals surface area contributed by atoms with E-state index in [2.05, 4.69) is 42.4 Å². The summed E-state index contributed by atoms with van der Waals surface area (Å²) < 4.78 is 0. The first kappa shape index (κ1) is 14.8. The SMILES string of the molecule is CC(C)N1CCC(CN2CCC3(C2)CN(C(C)C)C3)C1. The summed E-state index contributed by atoms with van der Waals surface area (Å²) in [6, 6.07) is 1.47. The average molecular weight is 279 g/mol. The van der Waals surface area contributed by atoms with Crippen molar-refractivity contribution in [3.63, 3.8) is 0 Å². The monoisotopic (exact) mass is 279 g/mol. The summed E-state index contributed by atoms with van der Waals surface area (Å²) >= 11 is 0. The van der Waals surface area contributed by atoms with Gasteiger partial charge in [0.15, 0.2) is 0 Å². The average Bonchev–Trinajstić information content (AvgIpc) is 2.94. The highest BCUT2D eigenvalue weighted by molar-refractivity contribution is 5.02. The predicted molar refractivity (Wildman–Crippen MR) is 85.0 cm³/mol. The fourth-order valence-corrected chi connectivity index (χ4v) is 4.47. The third-order valence-electron chi connectivity index (χ3n) is 5.89. The van der Waals surface area contributed by atoms with E-state index in [0.717, 1.165) is 18.0 Å². The summed E-state index contributed by atoms with van der Waals surface area (Å²) in [7, 11) is 0. The Labute approximate surface area is 125 Å². The van der Waals surface area contributed by atoms with Gasteiger partial charge >= 0.3 is 0 Å². The topological polar surface area (TPSA) is 9.72 Å². The molecule has 0 aliphatic carbocycles. The van der Waals surface area contributed by atoms with Crippen LogP contribution in [0.4, 0.5) is 0 Å². The van der Waals surface area contributed by atoms with Crippen molar-refractivity contribution in [2.75, 3.05) is 45.8 Å². The van der Waals surface area contributed by atoms with Crippen LogP contribution in [-0.4, -0.2) is 72.6 Å². The van der Waals surface area contributed by atoms with Crippen LogP contribution in [0.25, 0.3) is 0 Å². The van der Waals surface area contributed by atoms with E-state index in [0.29, 0.717) is 5.41 Å². The number of hydrogen-bond donors (Lipinski definition) is 0. The van der Waals surface area contributed by atoms with E-state index in [4.69, 9.17) is 0 Å². The molecule has 1 unspecified atom stereocenters. The summed E-state index contributed by atoms with van der Waals surface area (Å²) in [4.78, 5) is 8.06. The number of rotatable bonds is 4. The van der Waals surface area contributed by atoms with Gasteiger partial charge in [0.25, 0.3) is 0 Å². The van der Waals surface area contributed by atoms with Crippen LogP contribution in [0.2, 0.25) is 0 Å². The van der Waals surface area contributed by atoms with Crippen LogP contribution in [0, 0.1) is 11.3 Å². The lowest BCUT2D eigenvalue weighted by Gasteiger charge is -2.50. The Balaban J connectivity index is 1.43. The van der Waals surface area contributed by atoms with E-state index in [1.54, 1.807) is 0 Å². The van der Waals surface area contributed by atoms with Gasteiger partial charge in [-0.1, -0.05) is 0 Å². The minimum Gasteiger partial charge on any atom is -0.302 e. The van der Waals surface area contributed by atoms with Gasteiger partial charge in [-0.15, -0.1) is 0 Å². The quantitative estimate of drug-likeness (QED) is 0.780. The molecule has 3 nitrogen and oxygen atoms in total. The Morgan fingerprint density at radius 3 is 2.25 bits per heavy atom. The highest BCUT2D eigenvalue weighted by Gasteiger charge is 2.48. The molecule has 20 heavy (non-hydrogen) atoms. The first-order valence-electron chi connectivity index (χ1n) is 8.68. The highest BCUT2D eigenvalue weighted by Crippen LogP contribution is 2.40. The second-order valence-electron chi connectivity index (χ2n) is 8.23. The third kappa shape index (κ3) is 2.90. The third-order valence-corrected chi connectivity index (χ3v) is 5.89. The molecule has 0 aromatic rings. The second-order valence-corrected chi connectivity index (χ2v) is 8.23. The molecule has 1 spiro atoms. The molecule has 3 heteroatoms. The van der Waals surface area contributed by atoms with Gasteiger partial charge < -0.3 is 9.80 Å². The minimum absolute atomic E-state index is 0.667. The lowest BCUT2D eigenvalue weighted by molar-refractivity contribution is -0.0148. The van der Waals surface area contributed by atoms with Gasteiger partial charge in [0, 0.05) is 50.2 Å². The first-order chi connectivity index (χ1) is 9.47. The van der Waals surface area contributed by atoms with Crippen LogP contribution in [-0.2, 0) is 0 Å². The van der Waals surface area contributed by atoms with Crippen molar-refractivity contribution in [2.24, 2.45) is 11.3 Å². The maximum absolute atomic E-state index is 2.77. The van der Waals surface area contributed by atoms with Crippen molar-refractivity contribution in [3.8, 4) is 0 Å². The molecule has 3 rings (SSSR count). The second kappa shape index (κ2) is 5.58. The van der Waals surface area contributed by atoms with Gasteiger partial charge in [0.2, 0.25) is 0 Å². The number of likely N-dealkylation sites (tertiary alicyclic amines) is 3. The van der Waals surface area contributed by atoms with Gasteiger partial charge in [0.05, 0.1) is 0 Å². The molecule has 0 aromatic carbocycles. The van der Waals surface area contributed by atoms with Gasteiger partial charge in [-0.05, 0) is 59.5 Å². The maximum atomic E-state index is 2.77. The minimum atomic E-state index is 0.667. The molecule has 3 aliphatic rings. The summed E-state index contributed by atoms with van der Waals surface area (Å²) in [5, 5.41) is 0. The van der Waals surface area contributed by atoms with E-state index in [-0.39, 0.29) is 0 Å². The van der Waals surface area contributed by atoms with Crippen molar-refractivity contribution in [2.45, 2.75) is 52.6 Å². The maximum Gasteiger partial charge on any atom is 0.00971 e. The Kier molecular flexibility index (Phi) is 4.13. The normalized spacial score (nSPS) is 31.8. The molecule has 0 saturated carbocycles. The number of hydrogen-bond acceptors (Lipinski definition) is 3. The van der Waals surface area contributed by atoms with Crippen molar-refractivity contribution in [1.29, 1.82) is 0 Å². The van der Waals surface area contributed by atoms with Crippen LogP contribution in [0.3, 0.4) is 0 Å². The molecule has 3 aliphatic heterocycles. The molecule has 0 N–H and O–H groups in total. The summed E-state index contributed by atoms with van der Waals surface area (Å²) in [5.41, 5.74) is 0.667. The molecule has 116 valence electrons. The van der Waals surface area contributed by atoms with Crippen LogP contribution in [0.1, 0.15) is 40.5 Å². The fraction of sp³-hybridized carbons (Fsp3) is 1.00. The lowest BCUT2D eigenvalue weighted by Crippen LogP contribution is -2.59. The highest BCUT2D eigenvalue weighted by atomic mass is 15.3. The zero-order chi connectivity index (χ0) is 14.3. The molecular weight excluding hydrogens is 246 g/mol. The van der Waals surface area contributed by atoms with Crippen LogP contribution >= 0.6 is 0 Å². The smallest absolute Gasteiger partial charge is 0.00971 e. The molecule has 3 saturated heterocycles. The molecule has 3 heterocycles. The van der Waals surface area contributed by atoms with Crippen molar-refractivity contribution < 1.29 is 0 Å². The Morgan fingerprint density at radius 2 is 1.65 bits per heavy atom. The summed E-state index contributed by atoms with van der Waals surface area (Å²) in [6.45, 7) is 18.8. The van der Waals surface area contributed by atoms with E-state index < -0.39 is 0 Å². The van der Waals surface area contributed by atoms with E-state index >= 15 is 0 Å². The summed E-state index contributed by atoms with van der Waals surface area (Å²) in [5.74, 6) is 0.925. The molecule has 0 bridgehead atoms. The van der Waals surface area contributed by atoms with Crippen LogP contribution in [0.5, 0.6) is 0 Å². The molecule has 3 fully saturated rings. The van der Waals surface area contributed by atoms with Crippen LogP contribution < -0.4 is 0 Å². The standard InChI is InChI=1S/C17H33N3/c1-14(2)19-7-5-16(10-19)9-18-8-6-17(11-18)12-20(13-17)15(3)4/h14-16H,5-13H2,1-4H3. The van der Waals surface area contributed by atoms with E-state index in [1.165, 1.54) is 58.7 Å². The van der Waals surface area contributed by atoms with Gasteiger partial charge in [-0.25, -0.2) is 0 Å². The summed E-state index contributed by atoms with van der Waals surface area (Å²) in [6.07, 6.45) is 2.86. The lowest BCUT2D eigenvalue weighted by atomic mass is 9.78. The Hall–Kier alpha value is -0.120. The molecule has 0 amide bonds. The predicted octanol–water partition coefficient (Wildman–Crippen LogP) is 2.13. The fourth-order valence-electron chi connectivity index (χ4n) is 4.47. The molecular formula is C17H33N3. The number of nitrogens with zero attached hydrogens (tertiary/aromatic N) is 3. The van der Waals surface area contributed by atoms with Crippen molar-refractivity contribution >= 4 is 0 Å². The molecule has 0 radical (unpaired) electrons. The zero-order valence-electron chi connectivity index (χ0n) is 13.9. The van der Waals surface area contributed by atoms with Gasteiger partial charge in [-0.3, -0.25) is 4.90 Å². The van der Waals surface area contributed by atoms with Gasteiger partial charge in [-0.2, -0.15) is 0 Å². The first-order valence-corrected chi connectivity index (χ1v) is 8.68. The van der Waals surface area contributed by atoms with E-state index in [1.807, 2.05) is 0 Å². The zero-order valence-corrected chi connectivity index (χ0v) is 13.9. The van der Waals surface area contributed by atoms with Crippen molar-refractivity contribution in [1.82, 2.24) is 14.7 Å².